The van der Waals surface area contributed by atoms with E-state index in [2.05, 4.69) is 34.8 Å². The van der Waals surface area contributed by atoms with Gasteiger partial charge < -0.3 is 10.6 Å². The maximum atomic E-state index is 4.41. The first-order valence-corrected chi connectivity index (χ1v) is 6.89. The molecule has 4 heteroatoms. The minimum Gasteiger partial charge on any atom is -0.316 e. The minimum absolute atomic E-state index is 0.742. The highest BCUT2D eigenvalue weighted by molar-refractivity contribution is 7.09. The molecule has 0 aliphatic carbocycles. The van der Waals surface area contributed by atoms with Crippen LogP contribution < -0.4 is 10.6 Å². The molecule has 0 bridgehead atoms. The number of aryl methyl sites for hydroxylation is 1. The van der Waals surface area contributed by atoms with Crippen LogP contribution in [-0.4, -0.2) is 24.6 Å². The Kier molecular flexibility index (Phi) is 6.61. The average molecular weight is 241 g/mol. The van der Waals surface area contributed by atoms with E-state index in [9.17, 15) is 0 Å². The maximum Gasteiger partial charge on any atom is 0.0897 e. The fourth-order valence-corrected chi connectivity index (χ4v) is 2.05. The van der Waals surface area contributed by atoms with Crippen molar-refractivity contribution in [3.05, 3.63) is 16.1 Å². The molecule has 0 amide bonds. The first kappa shape index (κ1) is 13.6. The van der Waals surface area contributed by atoms with E-state index < -0.39 is 0 Å². The van der Waals surface area contributed by atoms with Crippen LogP contribution in [0.25, 0.3) is 0 Å². The molecule has 1 aromatic heterocycles. The summed E-state index contributed by atoms with van der Waals surface area (Å²) in [4.78, 5) is 4.41. The summed E-state index contributed by atoms with van der Waals surface area (Å²) < 4.78 is 0. The number of thiazole rings is 1. The fourth-order valence-electron chi connectivity index (χ4n) is 1.44. The lowest BCUT2D eigenvalue weighted by Crippen LogP contribution is -2.24. The molecule has 0 spiro atoms. The number of nitrogens with one attached hydrogen (secondary N) is 2. The predicted octanol–water partition coefficient (Wildman–Crippen LogP) is 2.18. The molecule has 16 heavy (non-hydrogen) atoms. The zero-order valence-electron chi connectivity index (χ0n) is 10.5. The van der Waals surface area contributed by atoms with Crippen molar-refractivity contribution >= 4 is 11.3 Å². The molecular weight excluding hydrogens is 218 g/mol. The van der Waals surface area contributed by atoms with E-state index in [-0.39, 0.29) is 0 Å². The van der Waals surface area contributed by atoms with E-state index in [0.717, 1.165) is 42.8 Å². The molecule has 1 aromatic rings. The number of nitrogens with zero attached hydrogens (tertiary/aromatic N) is 1. The second kappa shape index (κ2) is 7.76. The summed E-state index contributed by atoms with van der Waals surface area (Å²) in [6.45, 7) is 10.7. The lowest BCUT2D eigenvalue weighted by Gasteiger charge is -2.07. The number of hydrogen-bond acceptors (Lipinski definition) is 4. The first-order valence-electron chi connectivity index (χ1n) is 6.01. The Bertz CT molecular complexity index is 284. The normalized spacial score (nSPS) is 11.2. The predicted molar refractivity (Wildman–Crippen MR) is 70.9 cm³/mol. The molecule has 92 valence electrons. The van der Waals surface area contributed by atoms with Gasteiger partial charge in [0.25, 0.3) is 0 Å². The summed E-state index contributed by atoms with van der Waals surface area (Å²) in [5.41, 5.74) is 1.16. The Morgan fingerprint density at radius 3 is 2.69 bits per heavy atom. The molecule has 0 aromatic carbocycles. The summed E-state index contributed by atoms with van der Waals surface area (Å²) in [6, 6.07) is 0. The van der Waals surface area contributed by atoms with Crippen molar-refractivity contribution in [2.45, 2.75) is 33.7 Å². The highest BCUT2D eigenvalue weighted by Gasteiger charge is 1.97. The van der Waals surface area contributed by atoms with Crippen molar-refractivity contribution in [2.24, 2.45) is 5.92 Å². The first-order chi connectivity index (χ1) is 7.68. The molecule has 0 unspecified atom stereocenters. The van der Waals surface area contributed by atoms with Gasteiger partial charge in [0.05, 0.1) is 10.7 Å². The molecule has 0 aliphatic heterocycles. The van der Waals surface area contributed by atoms with Gasteiger partial charge in [0.15, 0.2) is 0 Å². The molecule has 0 fully saturated rings. The molecule has 0 radical (unpaired) electrons. The van der Waals surface area contributed by atoms with E-state index in [1.54, 1.807) is 11.3 Å². The molecule has 0 aliphatic rings. The molecule has 1 heterocycles. The molecule has 0 saturated heterocycles. The highest BCUT2D eigenvalue weighted by Crippen LogP contribution is 2.06. The van der Waals surface area contributed by atoms with E-state index in [0.29, 0.717) is 0 Å². The lowest BCUT2D eigenvalue weighted by molar-refractivity contribution is 0.529. The van der Waals surface area contributed by atoms with E-state index >= 15 is 0 Å². The minimum atomic E-state index is 0.742. The largest absolute Gasteiger partial charge is 0.316 e. The van der Waals surface area contributed by atoms with Gasteiger partial charge in [-0.3, -0.25) is 0 Å². The van der Waals surface area contributed by atoms with Crippen LogP contribution in [0.1, 0.15) is 31.0 Å². The third-order valence-electron chi connectivity index (χ3n) is 2.23. The molecule has 0 atom stereocenters. The van der Waals surface area contributed by atoms with Crippen molar-refractivity contribution in [2.75, 3.05) is 19.6 Å². The van der Waals surface area contributed by atoms with Gasteiger partial charge in [-0.05, 0) is 38.9 Å². The Morgan fingerprint density at radius 2 is 2.06 bits per heavy atom. The molecule has 2 N–H and O–H groups in total. The van der Waals surface area contributed by atoms with Crippen LogP contribution in [0.5, 0.6) is 0 Å². The summed E-state index contributed by atoms with van der Waals surface area (Å²) in [5, 5.41) is 10.1. The molecule has 3 nitrogen and oxygen atoms in total. The fraction of sp³-hybridized carbons (Fsp3) is 0.750. The maximum absolute atomic E-state index is 4.41. The van der Waals surface area contributed by atoms with Gasteiger partial charge >= 0.3 is 0 Å². The standard InChI is InChI=1S/C12H23N3S/c1-10(2)7-13-5-4-6-14-8-12-9-16-11(3)15-12/h9-10,13-14H,4-8H2,1-3H3. The third kappa shape index (κ3) is 6.20. The quantitative estimate of drug-likeness (QED) is 0.685. The molecule has 1 rings (SSSR count). The average Bonchev–Trinajstić information content (AvgIpc) is 2.62. The van der Waals surface area contributed by atoms with Gasteiger partial charge in [-0.25, -0.2) is 4.98 Å². The van der Waals surface area contributed by atoms with Crippen LogP contribution in [0.2, 0.25) is 0 Å². The van der Waals surface area contributed by atoms with Gasteiger partial charge in [-0.1, -0.05) is 13.8 Å². The van der Waals surface area contributed by atoms with Gasteiger partial charge in [-0.15, -0.1) is 11.3 Å². The summed E-state index contributed by atoms with van der Waals surface area (Å²) in [6.07, 6.45) is 1.18. The molecule has 0 saturated carbocycles. The van der Waals surface area contributed by atoms with Crippen LogP contribution in [0.4, 0.5) is 0 Å². The van der Waals surface area contributed by atoms with E-state index in [1.165, 1.54) is 6.42 Å². The second-order valence-corrected chi connectivity index (χ2v) is 5.55. The SMILES string of the molecule is Cc1nc(CNCCCNCC(C)C)cs1. The third-order valence-corrected chi connectivity index (χ3v) is 3.05. The summed E-state index contributed by atoms with van der Waals surface area (Å²) >= 11 is 1.72. The molecular formula is C12H23N3S. The highest BCUT2D eigenvalue weighted by atomic mass is 32.1. The van der Waals surface area contributed by atoms with Crippen LogP contribution >= 0.6 is 11.3 Å². The Hall–Kier alpha value is -0.450. The summed E-state index contributed by atoms with van der Waals surface area (Å²) in [7, 11) is 0. The van der Waals surface area contributed by atoms with Crippen molar-refractivity contribution in [1.82, 2.24) is 15.6 Å². The van der Waals surface area contributed by atoms with Gasteiger partial charge in [0, 0.05) is 11.9 Å². The number of aromatic nitrogens is 1. The van der Waals surface area contributed by atoms with Gasteiger partial charge in [0.2, 0.25) is 0 Å². The van der Waals surface area contributed by atoms with Crippen LogP contribution in [0.15, 0.2) is 5.38 Å². The lowest BCUT2D eigenvalue weighted by atomic mass is 10.2. The zero-order valence-corrected chi connectivity index (χ0v) is 11.4. The number of hydrogen-bond donors (Lipinski definition) is 2. The topological polar surface area (TPSA) is 37.0 Å². The van der Waals surface area contributed by atoms with Crippen LogP contribution in [0.3, 0.4) is 0 Å². The van der Waals surface area contributed by atoms with Crippen molar-refractivity contribution in [1.29, 1.82) is 0 Å². The zero-order chi connectivity index (χ0) is 11.8. The second-order valence-electron chi connectivity index (χ2n) is 4.49. The Balaban J connectivity index is 1.92. The van der Waals surface area contributed by atoms with E-state index in [4.69, 9.17) is 0 Å². The van der Waals surface area contributed by atoms with Crippen molar-refractivity contribution in [3.63, 3.8) is 0 Å². The van der Waals surface area contributed by atoms with Crippen LogP contribution in [-0.2, 0) is 6.54 Å². The van der Waals surface area contributed by atoms with E-state index in [1.807, 2.05) is 6.92 Å². The summed E-state index contributed by atoms with van der Waals surface area (Å²) in [5.74, 6) is 0.742. The van der Waals surface area contributed by atoms with Gasteiger partial charge in [-0.2, -0.15) is 0 Å². The van der Waals surface area contributed by atoms with Crippen LogP contribution in [0, 0.1) is 12.8 Å². The Morgan fingerprint density at radius 1 is 1.31 bits per heavy atom. The van der Waals surface area contributed by atoms with Gasteiger partial charge in [0.1, 0.15) is 0 Å². The number of rotatable bonds is 8. The van der Waals surface area contributed by atoms with Crippen molar-refractivity contribution in [3.8, 4) is 0 Å². The monoisotopic (exact) mass is 241 g/mol. The van der Waals surface area contributed by atoms with Crippen molar-refractivity contribution < 1.29 is 0 Å². The Labute approximate surface area is 103 Å². The smallest absolute Gasteiger partial charge is 0.0897 e.